The van der Waals surface area contributed by atoms with Gasteiger partial charge in [-0.3, -0.25) is 9.79 Å². The predicted molar refractivity (Wildman–Crippen MR) is 132 cm³/mol. The standard InChI is InChI=1S/C22H28FN5O2.HI/c1-24-22(26-11-10-25-21(30)16-17-6-8-18(23)9-7-17)28-14-12-27(13-15-28)19-4-2-3-5-20(19)29;/h2-9,29H,10-16H2,1H3,(H,24,26)(H,25,30);1H. The van der Waals surface area contributed by atoms with Crippen LogP contribution in [0.25, 0.3) is 0 Å². The van der Waals surface area contributed by atoms with Crippen molar-refractivity contribution in [3.05, 3.63) is 59.9 Å². The quantitative estimate of drug-likeness (QED) is 0.226. The third kappa shape index (κ3) is 7.27. The summed E-state index contributed by atoms with van der Waals surface area (Å²) in [5.41, 5.74) is 1.63. The third-order valence-corrected chi connectivity index (χ3v) is 5.02. The number of phenolic OH excluding ortho intramolecular Hbond substituents is 1. The van der Waals surface area contributed by atoms with Gasteiger partial charge in [-0.1, -0.05) is 24.3 Å². The van der Waals surface area contributed by atoms with Crippen molar-refractivity contribution in [3.8, 4) is 5.75 Å². The lowest BCUT2D eigenvalue weighted by Gasteiger charge is -2.37. The first-order valence-electron chi connectivity index (χ1n) is 10.1. The molecule has 1 aliphatic heterocycles. The average molecular weight is 541 g/mol. The summed E-state index contributed by atoms with van der Waals surface area (Å²) >= 11 is 0. The van der Waals surface area contributed by atoms with Crippen molar-refractivity contribution in [1.29, 1.82) is 0 Å². The molecule has 1 saturated heterocycles. The van der Waals surface area contributed by atoms with Crippen LogP contribution in [0.1, 0.15) is 5.56 Å². The van der Waals surface area contributed by atoms with Crippen LogP contribution in [0.2, 0.25) is 0 Å². The molecule has 3 N–H and O–H groups in total. The van der Waals surface area contributed by atoms with Crippen molar-refractivity contribution in [1.82, 2.24) is 15.5 Å². The smallest absolute Gasteiger partial charge is 0.224 e. The van der Waals surface area contributed by atoms with Gasteiger partial charge in [0, 0.05) is 46.3 Å². The Kier molecular flexibility index (Phi) is 9.83. The van der Waals surface area contributed by atoms with E-state index in [0.717, 1.165) is 43.4 Å². The highest BCUT2D eigenvalue weighted by Crippen LogP contribution is 2.27. The Bertz CT molecular complexity index is 870. The number of rotatable bonds is 6. The number of nitrogens with one attached hydrogen (secondary N) is 2. The van der Waals surface area contributed by atoms with Crippen molar-refractivity contribution in [2.75, 3.05) is 51.2 Å². The van der Waals surface area contributed by atoms with Crippen LogP contribution in [0.3, 0.4) is 0 Å². The minimum atomic E-state index is -0.309. The molecule has 31 heavy (non-hydrogen) atoms. The van der Waals surface area contributed by atoms with Crippen LogP contribution in [0.15, 0.2) is 53.5 Å². The van der Waals surface area contributed by atoms with Crippen LogP contribution in [0, 0.1) is 5.82 Å². The van der Waals surface area contributed by atoms with E-state index < -0.39 is 0 Å². The number of aliphatic imine (C=N–C) groups is 1. The second kappa shape index (κ2) is 12.3. The Labute approximate surface area is 199 Å². The molecule has 1 heterocycles. The summed E-state index contributed by atoms with van der Waals surface area (Å²) in [5.74, 6) is 0.676. The molecular weight excluding hydrogens is 512 g/mol. The Morgan fingerprint density at radius 1 is 1.03 bits per heavy atom. The van der Waals surface area contributed by atoms with E-state index >= 15 is 0 Å². The summed E-state index contributed by atoms with van der Waals surface area (Å²) in [6, 6.07) is 13.3. The Morgan fingerprint density at radius 2 is 1.68 bits per heavy atom. The number of halogens is 2. The van der Waals surface area contributed by atoms with Gasteiger partial charge in [0.1, 0.15) is 11.6 Å². The molecule has 1 amide bonds. The highest BCUT2D eigenvalue weighted by molar-refractivity contribution is 14.0. The summed E-state index contributed by atoms with van der Waals surface area (Å²) < 4.78 is 12.9. The van der Waals surface area contributed by atoms with Gasteiger partial charge in [0.05, 0.1) is 12.1 Å². The molecule has 0 aromatic heterocycles. The van der Waals surface area contributed by atoms with Crippen LogP contribution in [0.5, 0.6) is 5.75 Å². The van der Waals surface area contributed by atoms with Crippen LogP contribution in [0.4, 0.5) is 10.1 Å². The van der Waals surface area contributed by atoms with E-state index in [-0.39, 0.29) is 42.1 Å². The van der Waals surface area contributed by atoms with Crippen molar-refractivity contribution < 1.29 is 14.3 Å². The van der Waals surface area contributed by atoms with Gasteiger partial charge in [0.15, 0.2) is 5.96 Å². The summed E-state index contributed by atoms with van der Waals surface area (Å²) in [5, 5.41) is 16.2. The molecule has 0 aliphatic carbocycles. The number of nitrogens with zero attached hydrogens (tertiary/aromatic N) is 3. The SMILES string of the molecule is CN=C(NCCNC(=O)Cc1ccc(F)cc1)N1CCN(c2ccccc2O)CC1.I. The zero-order valence-corrected chi connectivity index (χ0v) is 19.9. The van der Waals surface area contributed by atoms with E-state index in [1.165, 1.54) is 12.1 Å². The Morgan fingerprint density at radius 3 is 2.32 bits per heavy atom. The molecule has 0 atom stereocenters. The van der Waals surface area contributed by atoms with E-state index in [1.807, 2.05) is 18.2 Å². The van der Waals surface area contributed by atoms with Gasteiger partial charge < -0.3 is 25.5 Å². The number of carbonyl (C=O) groups excluding carboxylic acids is 1. The molecule has 0 unspecified atom stereocenters. The molecule has 3 rings (SSSR count). The number of aromatic hydroxyl groups is 1. The molecule has 7 nitrogen and oxygen atoms in total. The van der Waals surface area contributed by atoms with Crippen LogP contribution in [-0.2, 0) is 11.2 Å². The molecule has 168 valence electrons. The van der Waals surface area contributed by atoms with E-state index in [9.17, 15) is 14.3 Å². The maximum atomic E-state index is 12.9. The van der Waals surface area contributed by atoms with Gasteiger partial charge in [0.2, 0.25) is 5.91 Å². The highest BCUT2D eigenvalue weighted by Gasteiger charge is 2.21. The molecule has 0 saturated carbocycles. The molecule has 1 fully saturated rings. The zero-order chi connectivity index (χ0) is 21.3. The van der Waals surface area contributed by atoms with Gasteiger partial charge in [-0.2, -0.15) is 0 Å². The predicted octanol–water partition coefficient (Wildman–Crippen LogP) is 2.21. The van der Waals surface area contributed by atoms with Crippen LogP contribution in [-0.4, -0.2) is 68.2 Å². The van der Waals surface area contributed by atoms with Crippen molar-refractivity contribution in [3.63, 3.8) is 0 Å². The molecule has 9 heteroatoms. The molecule has 0 radical (unpaired) electrons. The fourth-order valence-corrected chi connectivity index (χ4v) is 3.45. The minimum Gasteiger partial charge on any atom is -0.506 e. The number of amides is 1. The topological polar surface area (TPSA) is 80.2 Å². The van der Waals surface area contributed by atoms with Gasteiger partial charge in [-0.05, 0) is 29.8 Å². The summed E-state index contributed by atoms with van der Waals surface area (Å²) in [4.78, 5) is 20.7. The number of para-hydroxylation sites is 2. The van der Waals surface area contributed by atoms with Crippen LogP contribution < -0.4 is 15.5 Å². The third-order valence-electron chi connectivity index (χ3n) is 5.02. The lowest BCUT2D eigenvalue weighted by Crippen LogP contribution is -2.53. The van der Waals surface area contributed by atoms with Crippen LogP contribution >= 0.6 is 24.0 Å². The van der Waals surface area contributed by atoms with Crippen molar-refractivity contribution in [2.45, 2.75) is 6.42 Å². The average Bonchev–Trinajstić information content (AvgIpc) is 2.76. The maximum absolute atomic E-state index is 12.9. The summed E-state index contributed by atoms with van der Waals surface area (Å²) in [6.45, 7) is 4.16. The van der Waals surface area contributed by atoms with Gasteiger partial charge in [-0.15, -0.1) is 24.0 Å². The van der Waals surface area contributed by atoms with E-state index in [1.54, 1.807) is 25.2 Å². The molecule has 2 aromatic rings. The highest BCUT2D eigenvalue weighted by atomic mass is 127. The number of hydrogen-bond acceptors (Lipinski definition) is 4. The number of anilines is 1. The fraction of sp³-hybridized carbons (Fsp3) is 0.364. The van der Waals surface area contributed by atoms with Gasteiger partial charge in [0.25, 0.3) is 0 Å². The lowest BCUT2D eigenvalue weighted by atomic mass is 10.1. The Hall–Kier alpha value is -2.56. The van der Waals surface area contributed by atoms with Crippen molar-refractivity contribution >= 4 is 41.5 Å². The first-order valence-corrected chi connectivity index (χ1v) is 10.1. The van der Waals surface area contributed by atoms with Gasteiger partial charge >= 0.3 is 0 Å². The van der Waals surface area contributed by atoms with Gasteiger partial charge in [-0.25, -0.2) is 4.39 Å². The first kappa shape index (κ1) is 24.7. The largest absolute Gasteiger partial charge is 0.506 e. The number of carbonyl (C=O) groups is 1. The molecule has 0 spiro atoms. The van der Waals surface area contributed by atoms with E-state index in [2.05, 4.69) is 25.4 Å². The number of hydrogen-bond donors (Lipinski definition) is 3. The Balaban J connectivity index is 0.00000341. The zero-order valence-electron chi connectivity index (χ0n) is 17.6. The van der Waals surface area contributed by atoms with Crippen molar-refractivity contribution in [2.24, 2.45) is 4.99 Å². The first-order chi connectivity index (χ1) is 14.6. The molecule has 0 bridgehead atoms. The van der Waals surface area contributed by atoms with E-state index in [0.29, 0.717) is 18.8 Å². The summed E-state index contributed by atoms with van der Waals surface area (Å²) in [6.07, 6.45) is 0.225. The normalized spacial score (nSPS) is 14.1. The molecule has 2 aromatic carbocycles. The lowest BCUT2D eigenvalue weighted by molar-refractivity contribution is -0.120. The maximum Gasteiger partial charge on any atom is 0.224 e. The number of guanidine groups is 1. The number of piperazine rings is 1. The minimum absolute atomic E-state index is 0. The second-order valence-corrected chi connectivity index (χ2v) is 7.09. The molecular formula is C22H29FIN5O2. The number of phenols is 1. The monoisotopic (exact) mass is 541 g/mol. The fourth-order valence-electron chi connectivity index (χ4n) is 3.45. The second-order valence-electron chi connectivity index (χ2n) is 7.09. The molecule has 1 aliphatic rings. The number of benzene rings is 2. The van der Waals surface area contributed by atoms with E-state index in [4.69, 9.17) is 0 Å². The summed E-state index contributed by atoms with van der Waals surface area (Å²) in [7, 11) is 1.74.